The number of amides is 1. The van der Waals surface area contributed by atoms with Gasteiger partial charge in [0, 0.05) is 13.1 Å². The number of carbonyl (C=O) groups excluding carboxylic acids is 1. The number of hydrogen-bond acceptors (Lipinski definition) is 3. The minimum atomic E-state index is 0.148. The average Bonchev–Trinajstić information content (AvgIpc) is 2.47. The highest BCUT2D eigenvalue weighted by Gasteiger charge is 2.23. The Labute approximate surface area is 133 Å². The summed E-state index contributed by atoms with van der Waals surface area (Å²) in [7, 11) is 1.97. The van der Waals surface area contributed by atoms with Crippen molar-refractivity contribution in [3.05, 3.63) is 29.8 Å². The first kappa shape index (κ1) is 16.8. The fourth-order valence-electron chi connectivity index (χ4n) is 3.03. The number of ether oxygens (including phenoxy) is 1. The van der Waals surface area contributed by atoms with Crippen molar-refractivity contribution >= 4 is 5.91 Å². The van der Waals surface area contributed by atoms with Crippen molar-refractivity contribution in [3.63, 3.8) is 0 Å². The van der Waals surface area contributed by atoms with Gasteiger partial charge in [-0.3, -0.25) is 4.79 Å². The van der Waals surface area contributed by atoms with E-state index in [1.54, 1.807) is 0 Å². The summed E-state index contributed by atoms with van der Waals surface area (Å²) in [6.07, 6.45) is 2.92. The molecule has 1 heterocycles. The number of nitrogens with zero attached hydrogens (tertiary/aromatic N) is 1. The monoisotopic (exact) mass is 304 g/mol. The van der Waals surface area contributed by atoms with Gasteiger partial charge in [0.15, 0.2) is 0 Å². The Morgan fingerprint density at radius 3 is 3.00 bits per heavy atom. The third-order valence-corrected chi connectivity index (χ3v) is 3.99. The lowest BCUT2D eigenvalue weighted by molar-refractivity contribution is -0.132. The molecule has 1 aromatic carbocycles. The Morgan fingerprint density at radius 2 is 2.27 bits per heavy atom. The van der Waals surface area contributed by atoms with Gasteiger partial charge in [0.25, 0.3) is 0 Å². The molecule has 1 aliphatic rings. The van der Waals surface area contributed by atoms with Crippen molar-refractivity contribution in [2.45, 2.75) is 39.2 Å². The van der Waals surface area contributed by atoms with E-state index in [-0.39, 0.29) is 12.0 Å². The van der Waals surface area contributed by atoms with Crippen LogP contribution in [0.4, 0.5) is 0 Å². The summed E-state index contributed by atoms with van der Waals surface area (Å²) in [5.41, 5.74) is 1.03. The lowest BCUT2D eigenvalue weighted by Gasteiger charge is -2.32. The Balaban J connectivity index is 1.93. The maximum Gasteiger partial charge on any atom is 0.227 e. The molecule has 0 aromatic heterocycles. The van der Waals surface area contributed by atoms with E-state index in [2.05, 4.69) is 5.32 Å². The quantitative estimate of drug-likeness (QED) is 0.878. The molecular formula is C18H28N2O2. The van der Waals surface area contributed by atoms with Crippen molar-refractivity contribution in [2.75, 3.05) is 26.7 Å². The molecule has 0 spiro atoms. The van der Waals surface area contributed by atoms with E-state index in [0.717, 1.165) is 37.4 Å². The van der Waals surface area contributed by atoms with Gasteiger partial charge in [-0.15, -0.1) is 0 Å². The third-order valence-electron chi connectivity index (χ3n) is 3.99. The molecule has 1 aromatic rings. The van der Waals surface area contributed by atoms with Gasteiger partial charge in [-0.05, 0) is 63.9 Å². The second kappa shape index (κ2) is 8.18. The molecule has 0 saturated carbocycles. The van der Waals surface area contributed by atoms with Gasteiger partial charge in [0.1, 0.15) is 5.75 Å². The maximum atomic E-state index is 12.5. The molecule has 1 saturated heterocycles. The first-order valence-electron chi connectivity index (χ1n) is 8.26. The lowest BCUT2D eigenvalue weighted by atomic mass is 9.97. The van der Waals surface area contributed by atoms with E-state index >= 15 is 0 Å². The van der Waals surface area contributed by atoms with Crippen molar-refractivity contribution in [1.29, 1.82) is 0 Å². The van der Waals surface area contributed by atoms with E-state index < -0.39 is 0 Å². The smallest absolute Gasteiger partial charge is 0.227 e. The second-order valence-corrected chi connectivity index (χ2v) is 6.40. The van der Waals surface area contributed by atoms with Crippen LogP contribution in [-0.2, 0) is 11.2 Å². The molecule has 2 rings (SSSR count). The number of rotatable bonds is 6. The zero-order valence-corrected chi connectivity index (χ0v) is 14.0. The highest BCUT2D eigenvalue weighted by Crippen LogP contribution is 2.19. The van der Waals surface area contributed by atoms with Gasteiger partial charge < -0.3 is 15.0 Å². The normalized spacial score (nSPS) is 18.5. The minimum absolute atomic E-state index is 0.148. The first-order chi connectivity index (χ1) is 10.6. The van der Waals surface area contributed by atoms with Crippen LogP contribution in [0, 0.1) is 5.92 Å². The van der Waals surface area contributed by atoms with Gasteiger partial charge in [-0.25, -0.2) is 0 Å². The van der Waals surface area contributed by atoms with Crippen molar-refractivity contribution in [2.24, 2.45) is 5.92 Å². The lowest BCUT2D eigenvalue weighted by Crippen LogP contribution is -2.43. The number of benzene rings is 1. The Morgan fingerprint density at radius 1 is 1.45 bits per heavy atom. The van der Waals surface area contributed by atoms with E-state index in [1.807, 2.05) is 50.1 Å². The van der Waals surface area contributed by atoms with Crippen LogP contribution < -0.4 is 10.1 Å². The number of piperidine rings is 1. The maximum absolute atomic E-state index is 12.5. The molecule has 22 heavy (non-hydrogen) atoms. The predicted octanol–water partition coefficient (Wildman–Crippen LogP) is 2.47. The van der Waals surface area contributed by atoms with Crippen molar-refractivity contribution < 1.29 is 9.53 Å². The number of likely N-dealkylation sites (tertiary alicyclic amines) is 1. The van der Waals surface area contributed by atoms with Crippen LogP contribution in [0.5, 0.6) is 5.75 Å². The molecular weight excluding hydrogens is 276 g/mol. The standard InChI is InChI=1S/C18H28N2O2/c1-14(2)22-17-8-4-6-15(10-17)11-18(21)20-9-5-7-16(13-20)12-19-3/h4,6,8,10,14,16,19H,5,7,9,11-13H2,1-3H3. The summed E-state index contributed by atoms with van der Waals surface area (Å²) in [6, 6.07) is 7.88. The zero-order valence-electron chi connectivity index (χ0n) is 14.0. The van der Waals surface area contributed by atoms with Gasteiger partial charge in [0.05, 0.1) is 12.5 Å². The highest BCUT2D eigenvalue weighted by atomic mass is 16.5. The summed E-state index contributed by atoms with van der Waals surface area (Å²) >= 11 is 0. The molecule has 4 nitrogen and oxygen atoms in total. The summed E-state index contributed by atoms with van der Waals surface area (Å²) in [5, 5.41) is 3.22. The van der Waals surface area contributed by atoms with E-state index in [9.17, 15) is 4.79 Å². The molecule has 1 fully saturated rings. The second-order valence-electron chi connectivity index (χ2n) is 6.40. The molecule has 122 valence electrons. The van der Waals surface area contributed by atoms with Crippen LogP contribution in [-0.4, -0.2) is 43.6 Å². The fourth-order valence-corrected chi connectivity index (χ4v) is 3.03. The summed E-state index contributed by atoms with van der Waals surface area (Å²) in [4.78, 5) is 14.5. The number of carbonyl (C=O) groups is 1. The Kier molecular flexibility index (Phi) is 6.25. The highest BCUT2D eigenvalue weighted by molar-refractivity contribution is 5.79. The fraction of sp³-hybridized carbons (Fsp3) is 0.611. The molecule has 1 amide bonds. The van der Waals surface area contributed by atoms with Gasteiger partial charge in [-0.2, -0.15) is 0 Å². The molecule has 1 N–H and O–H groups in total. The zero-order chi connectivity index (χ0) is 15.9. The average molecular weight is 304 g/mol. The Hall–Kier alpha value is -1.55. The van der Waals surface area contributed by atoms with Crippen LogP contribution in [0.1, 0.15) is 32.3 Å². The molecule has 1 aliphatic heterocycles. The van der Waals surface area contributed by atoms with Gasteiger partial charge in [-0.1, -0.05) is 12.1 Å². The number of nitrogens with one attached hydrogen (secondary N) is 1. The van der Waals surface area contributed by atoms with E-state index in [1.165, 1.54) is 6.42 Å². The molecule has 0 radical (unpaired) electrons. The Bertz CT molecular complexity index is 486. The van der Waals surface area contributed by atoms with Crippen LogP contribution in [0.15, 0.2) is 24.3 Å². The molecule has 0 aliphatic carbocycles. The predicted molar refractivity (Wildman–Crippen MR) is 89.1 cm³/mol. The van der Waals surface area contributed by atoms with Crippen LogP contribution >= 0.6 is 0 Å². The summed E-state index contributed by atoms with van der Waals surface area (Å²) < 4.78 is 5.70. The minimum Gasteiger partial charge on any atom is -0.491 e. The summed E-state index contributed by atoms with van der Waals surface area (Å²) in [6.45, 7) is 6.77. The van der Waals surface area contributed by atoms with E-state index in [0.29, 0.717) is 12.3 Å². The molecule has 4 heteroatoms. The topological polar surface area (TPSA) is 41.6 Å². The molecule has 0 bridgehead atoms. The molecule has 1 atom stereocenters. The number of hydrogen-bond donors (Lipinski definition) is 1. The first-order valence-corrected chi connectivity index (χ1v) is 8.26. The third kappa shape index (κ3) is 5.02. The van der Waals surface area contributed by atoms with Crippen LogP contribution in [0.3, 0.4) is 0 Å². The SMILES string of the molecule is CNCC1CCCN(C(=O)Cc2cccc(OC(C)C)c2)C1. The van der Waals surface area contributed by atoms with Crippen LogP contribution in [0.25, 0.3) is 0 Å². The largest absolute Gasteiger partial charge is 0.491 e. The van der Waals surface area contributed by atoms with Crippen LogP contribution in [0.2, 0.25) is 0 Å². The van der Waals surface area contributed by atoms with Gasteiger partial charge >= 0.3 is 0 Å². The van der Waals surface area contributed by atoms with Crippen molar-refractivity contribution in [1.82, 2.24) is 10.2 Å². The molecule has 1 unspecified atom stereocenters. The van der Waals surface area contributed by atoms with Gasteiger partial charge in [0.2, 0.25) is 5.91 Å². The van der Waals surface area contributed by atoms with Crippen molar-refractivity contribution in [3.8, 4) is 5.75 Å². The van der Waals surface area contributed by atoms with E-state index in [4.69, 9.17) is 4.74 Å². The summed E-state index contributed by atoms with van der Waals surface area (Å²) in [5.74, 6) is 1.65.